The SMILES string of the molecule is CC(C)C(NC(=O)c1ccc([N+](=O)[O-])cc1Cl)C(=O)NCC1(c2ccc(F)cc2)CC1. The van der Waals surface area contributed by atoms with E-state index in [-0.39, 0.29) is 39.3 Å². The van der Waals surface area contributed by atoms with Gasteiger partial charge in [0.15, 0.2) is 0 Å². The Morgan fingerprint density at radius 1 is 1.19 bits per heavy atom. The van der Waals surface area contributed by atoms with E-state index in [4.69, 9.17) is 11.6 Å². The number of nitrogens with one attached hydrogen (secondary N) is 2. The number of nitro benzene ring substituents is 1. The lowest BCUT2D eigenvalue weighted by molar-refractivity contribution is -0.384. The maximum absolute atomic E-state index is 13.2. The number of rotatable bonds is 8. The van der Waals surface area contributed by atoms with Gasteiger partial charge in [0.2, 0.25) is 5.91 Å². The van der Waals surface area contributed by atoms with Crippen molar-refractivity contribution in [2.75, 3.05) is 6.54 Å². The van der Waals surface area contributed by atoms with Gasteiger partial charge in [0.1, 0.15) is 11.9 Å². The number of amides is 2. The average molecular weight is 448 g/mol. The molecular weight excluding hydrogens is 425 g/mol. The molecule has 2 N–H and O–H groups in total. The van der Waals surface area contributed by atoms with Gasteiger partial charge in [-0.15, -0.1) is 0 Å². The van der Waals surface area contributed by atoms with Gasteiger partial charge >= 0.3 is 0 Å². The van der Waals surface area contributed by atoms with Gasteiger partial charge in [-0.3, -0.25) is 19.7 Å². The molecule has 2 amide bonds. The molecule has 0 saturated heterocycles. The van der Waals surface area contributed by atoms with Crippen molar-refractivity contribution in [3.63, 3.8) is 0 Å². The second-order valence-electron chi connectivity index (χ2n) is 8.12. The van der Waals surface area contributed by atoms with E-state index >= 15 is 0 Å². The standard InChI is InChI=1S/C22H23ClFN3O4/c1-13(2)19(26-20(28)17-8-7-16(27(30)31)11-18(17)23)21(29)25-12-22(9-10-22)14-3-5-15(24)6-4-14/h3-8,11,13,19H,9-10,12H2,1-2H3,(H,25,29)(H,26,28). The minimum atomic E-state index is -0.817. The fraction of sp³-hybridized carbons (Fsp3) is 0.364. The van der Waals surface area contributed by atoms with Crippen LogP contribution in [0.15, 0.2) is 42.5 Å². The topological polar surface area (TPSA) is 101 Å². The lowest BCUT2D eigenvalue weighted by atomic mass is 9.95. The number of halogens is 2. The van der Waals surface area contributed by atoms with Gasteiger partial charge in [0, 0.05) is 24.1 Å². The largest absolute Gasteiger partial charge is 0.353 e. The predicted octanol–water partition coefficient (Wildman–Crippen LogP) is 3.99. The van der Waals surface area contributed by atoms with Crippen LogP contribution in [0.5, 0.6) is 0 Å². The molecule has 0 aliphatic heterocycles. The number of nitro groups is 1. The lowest BCUT2D eigenvalue weighted by Crippen LogP contribution is -2.51. The van der Waals surface area contributed by atoms with Crippen molar-refractivity contribution in [3.8, 4) is 0 Å². The van der Waals surface area contributed by atoms with Gasteiger partial charge in [-0.1, -0.05) is 37.6 Å². The first-order valence-corrected chi connectivity index (χ1v) is 10.3. The summed E-state index contributed by atoms with van der Waals surface area (Å²) < 4.78 is 13.2. The summed E-state index contributed by atoms with van der Waals surface area (Å²) in [4.78, 5) is 35.7. The summed E-state index contributed by atoms with van der Waals surface area (Å²) in [6, 6.07) is 9.00. The first kappa shape index (κ1) is 22.7. The second-order valence-corrected chi connectivity index (χ2v) is 8.53. The highest BCUT2D eigenvalue weighted by molar-refractivity contribution is 6.34. The monoisotopic (exact) mass is 447 g/mol. The third-order valence-electron chi connectivity index (χ3n) is 5.56. The number of benzene rings is 2. The molecule has 0 bridgehead atoms. The van der Waals surface area contributed by atoms with Gasteiger partial charge in [0.05, 0.1) is 15.5 Å². The van der Waals surface area contributed by atoms with E-state index in [1.807, 2.05) is 0 Å². The molecule has 2 aromatic rings. The van der Waals surface area contributed by atoms with Gasteiger partial charge in [-0.2, -0.15) is 0 Å². The van der Waals surface area contributed by atoms with Crippen LogP contribution >= 0.6 is 11.6 Å². The number of carbonyl (C=O) groups excluding carboxylic acids is 2. The Bertz CT molecular complexity index is 1010. The Balaban J connectivity index is 1.66. The van der Waals surface area contributed by atoms with Crippen molar-refractivity contribution in [1.29, 1.82) is 0 Å². The molecule has 3 rings (SSSR count). The highest BCUT2D eigenvalue weighted by Gasteiger charge is 2.44. The fourth-order valence-electron chi connectivity index (χ4n) is 3.44. The molecule has 1 aliphatic rings. The molecule has 0 radical (unpaired) electrons. The highest BCUT2D eigenvalue weighted by atomic mass is 35.5. The van der Waals surface area contributed by atoms with E-state index < -0.39 is 16.9 Å². The Labute approximate surface area is 184 Å². The molecule has 1 aliphatic carbocycles. The quantitative estimate of drug-likeness (QED) is 0.472. The first-order valence-electron chi connectivity index (χ1n) is 9.91. The summed E-state index contributed by atoms with van der Waals surface area (Å²) in [5.74, 6) is -1.44. The van der Waals surface area contributed by atoms with Gasteiger partial charge in [-0.25, -0.2) is 4.39 Å². The molecule has 1 saturated carbocycles. The minimum Gasteiger partial charge on any atom is -0.353 e. The van der Waals surface area contributed by atoms with Crippen LogP contribution in [-0.2, 0) is 10.2 Å². The van der Waals surface area contributed by atoms with Crippen molar-refractivity contribution in [1.82, 2.24) is 10.6 Å². The Hall–Kier alpha value is -3.00. The molecule has 9 heteroatoms. The third kappa shape index (κ3) is 5.19. The smallest absolute Gasteiger partial charge is 0.270 e. The number of hydrogen-bond acceptors (Lipinski definition) is 4. The molecule has 0 heterocycles. The van der Waals surface area contributed by atoms with E-state index in [2.05, 4.69) is 10.6 Å². The highest BCUT2D eigenvalue weighted by Crippen LogP contribution is 2.47. The zero-order chi connectivity index (χ0) is 22.8. The van der Waals surface area contributed by atoms with Crippen LogP contribution in [0.25, 0.3) is 0 Å². The fourth-order valence-corrected chi connectivity index (χ4v) is 3.70. The van der Waals surface area contributed by atoms with Gasteiger partial charge in [0.25, 0.3) is 11.6 Å². The molecule has 1 unspecified atom stereocenters. The normalized spacial score (nSPS) is 15.3. The minimum absolute atomic E-state index is 0.0516. The summed E-state index contributed by atoms with van der Waals surface area (Å²) in [6.07, 6.45) is 1.77. The van der Waals surface area contributed by atoms with E-state index in [1.165, 1.54) is 24.3 Å². The molecule has 0 aromatic heterocycles. The molecule has 7 nitrogen and oxygen atoms in total. The Kier molecular flexibility index (Phi) is 6.59. The van der Waals surface area contributed by atoms with Crippen LogP contribution in [0.1, 0.15) is 42.6 Å². The predicted molar refractivity (Wildman–Crippen MR) is 115 cm³/mol. The summed E-state index contributed by atoms with van der Waals surface area (Å²) >= 11 is 6.03. The Morgan fingerprint density at radius 3 is 2.35 bits per heavy atom. The van der Waals surface area contributed by atoms with Crippen molar-refractivity contribution < 1.29 is 18.9 Å². The second kappa shape index (κ2) is 9.01. The Morgan fingerprint density at radius 2 is 1.84 bits per heavy atom. The van der Waals surface area contributed by atoms with Crippen LogP contribution in [0.3, 0.4) is 0 Å². The van der Waals surface area contributed by atoms with Crippen molar-refractivity contribution in [2.45, 2.75) is 38.1 Å². The molecule has 31 heavy (non-hydrogen) atoms. The number of non-ortho nitro benzene ring substituents is 1. The van der Waals surface area contributed by atoms with Crippen LogP contribution in [0.2, 0.25) is 5.02 Å². The molecule has 2 aromatic carbocycles. The summed E-state index contributed by atoms with van der Waals surface area (Å²) in [6.45, 7) is 3.98. The van der Waals surface area contributed by atoms with Gasteiger partial charge in [-0.05, 0) is 42.5 Å². The zero-order valence-electron chi connectivity index (χ0n) is 17.2. The molecule has 1 fully saturated rings. The molecular formula is C22H23ClFN3O4. The number of carbonyl (C=O) groups is 2. The molecule has 1 atom stereocenters. The lowest BCUT2D eigenvalue weighted by Gasteiger charge is -2.24. The molecule has 0 spiro atoms. The van der Waals surface area contributed by atoms with Crippen LogP contribution in [0, 0.1) is 21.8 Å². The van der Waals surface area contributed by atoms with E-state index in [1.54, 1.807) is 26.0 Å². The molecule has 164 valence electrons. The first-order chi connectivity index (χ1) is 14.6. The van der Waals surface area contributed by atoms with E-state index in [0.717, 1.165) is 24.5 Å². The summed E-state index contributed by atoms with van der Waals surface area (Å²) in [7, 11) is 0. The van der Waals surface area contributed by atoms with Crippen molar-refractivity contribution in [3.05, 3.63) is 74.5 Å². The maximum atomic E-state index is 13.2. The van der Waals surface area contributed by atoms with Gasteiger partial charge < -0.3 is 10.6 Å². The summed E-state index contributed by atoms with van der Waals surface area (Å²) in [5, 5.41) is 16.4. The maximum Gasteiger partial charge on any atom is 0.270 e. The van der Waals surface area contributed by atoms with E-state index in [0.29, 0.717) is 6.54 Å². The van der Waals surface area contributed by atoms with Crippen molar-refractivity contribution >= 4 is 29.1 Å². The van der Waals surface area contributed by atoms with E-state index in [9.17, 15) is 24.1 Å². The van der Waals surface area contributed by atoms with Crippen molar-refractivity contribution in [2.24, 2.45) is 5.92 Å². The number of nitrogens with zero attached hydrogens (tertiary/aromatic N) is 1. The average Bonchev–Trinajstić information content (AvgIpc) is 3.51. The summed E-state index contributed by atoms with van der Waals surface area (Å²) in [5.41, 5.74) is 0.583. The third-order valence-corrected chi connectivity index (χ3v) is 5.87. The van der Waals surface area contributed by atoms with Crippen LogP contribution in [0.4, 0.5) is 10.1 Å². The zero-order valence-corrected chi connectivity index (χ0v) is 17.9. The van der Waals surface area contributed by atoms with Crippen LogP contribution < -0.4 is 10.6 Å². The number of hydrogen-bond donors (Lipinski definition) is 2. The van der Waals surface area contributed by atoms with Crippen LogP contribution in [-0.4, -0.2) is 29.3 Å².